The summed E-state index contributed by atoms with van der Waals surface area (Å²) < 4.78 is 12.1. The largest absolute Gasteiger partial charge is 0.461 e. The molecule has 5 heteroatoms. The van der Waals surface area contributed by atoms with Crippen molar-refractivity contribution in [2.45, 2.75) is 26.2 Å². The Morgan fingerprint density at radius 2 is 2.20 bits per heavy atom. The maximum Gasteiger partial charge on any atom is 0.358 e. The second kappa shape index (κ2) is 7.05. The van der Waals surface area contributed by atoms with Gasteiger partial charge >= 0.3 is 5.97 Å². The SMILES string of the molecule is CCOC(=O)c1nc2ccccn2c1CCCCOC. The van der Waals surface area contributed by atoms with Gasteiger partial charge in [0.05, 0.1) is 12.3 Å². The first-order valence-corrected chi connectivity index (χ1v) is 6.90. The van der Waals surface area contributed by atoms with Gasteiger partial charge < -0.3 is 13.9 Å². The van der Waals surface area contributed by atoms with Crippen LogP contribution in [0.1, 0.15) is 35.9 Å². The van der Waals surface area contributed by atoms with E-state index in [4.69, 9.17) is 9.47 Å². The van der Waals surface area contributed by atoms with Gasteiger partial charge in [-0.3, -0.25) is 0 Å². The highest BCUT2D eigenvalue weighted by atomic mass is 16.5. The van der Waals surface area contributed by atoms with Gasteiger partial charge in [0, 0.05) is 19.9 Å². The lowest BCUT2D eigenvalue weighted by Gasteiger charge is -2.05. The van der Waals surface area contributed by atoms with Crippen molar-refractivity contribution in [3.05, 3.63) is 35.8 Å². The molecule has 0 saturated heterocycles. The first kappa shape index (κ1) is 14.5. The van der Waals surface area contributed by atoms with Crippen LogP contribution >= 0.6 is 0 Å². The molecule has 0 aromatic carbocycles. The van der Waals surface area contributed by atoms with Crippen LogP contribution < -0.4 is 0 Å². The number of esters is 1. The van der Waals surface area contributed by atoms with E-state index in [1.54, 1.807) is 14.0 Å². The van der Waals surface area contributed by atoms with Crippen molar-refractivity contribution < 1.29 is 14.3 Å². The molecule has 2 aromatic rings. The van der Waals surface area contributed by atoms with Crippen LogP contribution in [0, 0.1) is 0 Å². The number of aromatic nitrogens is 2. The molecule has 0 bridgehead atoms. The predicted octanol–water partition coefficient (Wildman–Crippen LogP) is 2.48. The minimum absolute atomic E-state index is 0.349. The van der Waals surface area contributed by atoms with Crippen LogP contribution in [-0.4, -0.2) is 35.7 Å². The van der Waals surface area contributed by atoms with Crippen LogP contribution in [-0.2, 0) is 15.9 Å². The highest BCUT2D eigenvalue weighted by Crippen LogP contribution is 2.16. The van der Waals surface area contributed by atoms with E-state index in [9.17, 15) is 4.79 Å². The number of pyridine rings is 1. The van der Waals surface area contributed by atoms with Crippen molar-refractivity contribution in [3.63, 3.8) is 0 Å². The molecule has 20 heavy (non-hydrogen) atoms. The predicted molar refractivity (Wildman–Crippen MR) is 76.0 cm³/mol. The summed E-state index contributed by atoms with van der Waals surface area (Å²) >= 11 is 0. The number of ether oxygens (including phenoxy) is 2. The highest BCUT2D eigenvalue weighted by Gasteiger charge is 2.19. The Labute approximate surface area is 118 Å². The Kier molecular flexibility index (Phi) is 5.12. The van der Waals surface area contributed by atoms with Gasteiger partial charge in [0.15, 0.2) is 5.69 Å². The van der Waals surface area contributed by atoms with E-state index in [0.29, 0.717) is 12.3 Å². The lowest BCUT2D eigenvalue weighted by Crippen LogP contribution is -2.09. The molecule has 0 aliphatic heterocycles. The summed E-state index contributed by atoms with van der Waals surface area (Å²) in [5.41, 5.74) is 2.11. The number of imidazole rings is 1. The molecule has 0 radical (unpaired) electrons. The number of rotatable bonds is 7. The third-order valence-electron chi connectivity index (χ3n) is 3.11. The summed E-state index contributed by atoms with van der Waals surface area (Å²) in [5, 5.41) is 0. The zero-order chi connectivity index (χ0) is 14.4. The van der Waals surface area contributed by atoms with Gasteiger partial charge in [0.1, 0.15) is 5.65 Å². The first-order valence-electron chi connectivity index (χ1n) is 6.90. The minimum Gasteiger partial charge on any atom is -0.461 e. The topological polar surface area (TPSA) is 52.8 Å². The molecule has 2 heterocycles. The maximum atomic E-state index is 12.0. The minimum atomic E-state index is -0.349. The third-order valence-corrected chi connectivity index (χ3v) is 3.11. The average molecular weight is 276 g/mol. The monoisotopic (exact) mass is 276 g/mol. The van der Waals surface area contributed by atoms with E-state index >= 15 is 0 Å². The smallest absolute Gasteiger partial charge is 0.358 e. The number of fused-ring (bicyclic) bond motifs is 1. The van der Waals surface area contributed by atoms with E-state index < -0.39 is 0 Å². The average Bonchev–Trinajstić information content (AvgIpc) is 2.83. The molecule has 2 aromatic heterocycles. The van der Waals surface area contributed by atoms with Gasteiger partial charge in [0.2, 0.25) is 0 Å². The van der Waals surface area contributed by atoms with E-state index in [1.165, 1.54) is 0 Å². The lowest BCUT2D eigenvalue weighted by atomic mass is 10.1. The number of hydrogen-bond acceptors (Lipinski definition) is 4. The van der Waals surface area contributed by atoms with Gasteiger partial charge in [0.25, 0.3) is 0 Å². The van der Waals surface area contributed by atoms with Crippen molar-refractivity contribution in [2.24, 2.45) is 0 Å². The van der Waals surface area contributed by atoms with Crippen molar-refractivity contribution in [1.29, 1.82) is 0 Å². The van der Waals surface area contributed by atoms with Crippen molar-refractivity contribution in [2.75, 3.05) is 20.3 Å². The highest BCUT2D eigenvalue weighted by molar-refractivity contribution is 5.89. The van der Waals surface area contributed by atoms with Crippen LogP contribution in [0.15, 0.2) is 24.4 Å². The summed E-state index contributed by atoms with van der Waals surface area (Å²) in [5.74, 6) is -0.349. The van der Waals surface area contributed by atoms with E-state index in [0.717, 1.165) is 37.2 Å². The fourth-order valence-electron chi connectivity index (χ4n) is 2.19. The zero-order valence-corrected chi connectivity index (χ0v) is 12.0. The van der Waals surface area contributed by atoms with E-state index in [1.807, 2.05) is 28.8 Å². The molecule has 0 aliphatic rings. The number of carbonyl (C=O) groups excluding carboxylic acids is 1. The lowest BCUT2D eigenvalue weighted by molar-refractivity contribution is 0.0519. The van der Waals surface area contributed by atoms with Gasteiger partial charge in [-0.25, -0.2) is 9.78 Å². The molecular formula is C15H20N2O3. The number of unbranched alkanes of at least 4 members (excludes halogenated alkanes) is 1. The van der Waals surface area contributed by atoms with Crippen LogP contribution in [0.3, 0.4) is 0 Å². The Hall–Kier alpha value is -1.88. The molecule has 0 unspecified atom stereocenters. The molecule has 0 N–H and O–H groups in total. The second-order valence-electron chi connectivity index (χ2n) is 4.51. The maximum absolute atomic E-state index is 12.0. The molecule has 0 atom stereocenters. The van der Waals surface area contributed by atoms with Gasteiger partial charge in [-0.1, -0.05) is 6.07 Å². The summed E-state index contributed by atoms with van der Waals surface area (Å²) in [6.07, 6.45) is 4.61. The Bertz CT molecular complexity index is 578. The normalized spacial score (nSPS) is 10.9. The molecule has 2 rings (SSSR count). The molecule has 0 amide bonds. The molecular weight excluding hydrogens is 256 g/mol. The molecule has 0 aliphatic carbocycles. The fourth-order valence-corrected chi connectivity index (χ4v) is 2.19. The molecule has 0 spiro atoms. The fraction of sp³-hybridized carbons (Fsp3) is 0.467. The number of methoxy groups -OCH3 is 1. The zero-order valence-electron chi connectivity index (χ0n) is 12.0. The second-order valence-corrected chi connectivity index (χ2v) is 4.51. The van der Waals surface area contributed by atoms with Crippen LogP contribution in [0.25, 0.3) is 5.65 Å². The summed E-state index contributed by atoms with van der Waals surface area (Å²) in [7, 11) is 1.69. The standard InChI is InChI=1S/C15H20N2O3/c1-3-20-15(18)14-12(8-5-7-11-19-2)17-10-6-4-9-13(17)16-14/h4,6,9-10H,3,5,7-8,11H2,1-2H3. The number of nitrogens with zero attached hydrogens (tertiary/aromatic N) is 2. The summed E-state index contributed by atoms with van der Waals surface area (Å²) in [6.45, 7) is 2.88. The summed E-state index contributed by atoms with van der Waals surface area (Å²) in [4.78, 5) is 16.4. The number of carbonyl (C=O) groups is 1. The Balaban J connectivity index is 2.27. The van der Waals surface area contributed by atoms with Crippen LogP contribution in [0.5, 0.6) is 0 Å². The first-order chi connectivity index (χ1) is 9.77. The van der Waals surface area contributed by atoms with Crippen LogP contribution in [0.4, 0.5) is 0 Å². The van der Waals surface area contributed by atoms with Gasteiger partial charge in [-0.05, 0) is 38.3 Å². The van der Waals surface area contributed by atoms with E-state index in [2.05, 4.69) is 4.98 Å². The Morgan fingerprint density at radius 1 is 1.35 bits per heavy atom. The number of hydrogen-bond donors (Lipinski definition) is 0. The van der Waals surface area contributed by atoms with Crippen molar-refractivity contribution >= 4 is 11.6 Å². The van der Waals surface area contributed by atoms with Crippen molar-refractivity contribution in [1.82, 2.24) is 9.38 Å². The van der Waals surface area contributed by atoms with Gasteiger partial charge in [-0.2, -0.15) is 0 Å². The molecule has 5 nitrogen and oxygen atoms in total. The molecule has 0 fully saturated rings. The van der Waals surface area contributed by atoms with E-state index in [-0.39, 0.29) is 5.97 Å². The molecule has 0 saturated carbocycles. The third kappa shape index (κ3) is 3.17. The number of aryl methyl sites for hydroxylation is 1. The van der Waals surface area contributed by atoms with Crippen LogP contribution in [0.2, 0.25) is 0 Å². The Morgan fingerprint density at radius 3 is 2.95 bits per heavy atom. The molecule has 108 valence electrons. The summed E-state index contributed by atoms with van der Waals surface area (Å²) in [6, 6.07) is 5.73. The quantitative estimate of drug-likeness (QED) is 0.576. The van der Waals surface area contributed by atoms with Gasteiger partial charge in [-0.15, -0.1) is 0 Å². The van der Waals surface area contributed by atoms with Crippen molar-refractivity contribution in [3.8, 4) is 0 Å².